The molecule has 1 saturated carbocycles. The summed E-state index contributed by atoms with van der Waals surface area (Å²) in [6, 6.07) is 0. The van der Waals surface area contributed by atoms with E-state index in [1.165, 1.54) is 38.5 Å². The van der Waals surface area contributed by atoms with Crippen LogP contribution in [0.3, 0.4) is 0 Å². The van der Waals surface area contributed by atoms with E-state index in [0.29, 0.717) is 12.5 Å². The molecular weight excluding hydrogens is 392 g/mol. The molecular formula is C23H42N6O2. The van der Waals surface area contributed by atoms with Gasteiger partial charge in [-0.25, -0.2) is 4.99 Å². The van der Waals surface area contributed by atoms with Gasteiger partial charge in [-0.2, -0.15) is 0 Å². The Labute approximate surface area is 188 Å². The number of likely N-dealkylation sites (tertiary alicyclic amines) is 1. The molecule has 0 atom stereocenters. The van der Waals surface area contributed by atoms with E-state index in [4.69, 9.17) is 0 Å². The van der Waals surface area contributed by atoms with Gasteiger partial charge in [0.1, 0.15) is 6.54 Å². The van der Waals surface area contributed by atoms with Crippen LogP contribution in [-0.2, 0) is 9.59 Å². The number of aliphatic imine (C=N–C) groups is 1. The summed E-state index contributed by atoms with van der Waals surface area (Å²) in [7, 11) is 3.54. The Bertz CT molecular complexity index is 603. The lowest BCUT2D eigenvalue weighted by atomic mass is 9.89. The number of amides is 2. The van der Waals surface area contributed by atoms with Crippen molar-refractivity contribution in [3.8, 4) is 0 Å². The van der Waals surface area contributed by atoms with Crippen LogP contribution in [0.4, 0.5) is 0 Å². The normalized spacial score (nSPS) is 21.8. The molecule has 2 amide bonds. The van der Waals surface area contributed by atoms with Crippen molar-refractivity contribution in [2.45, 2.75) is 51.4 Å². The van der Waals surface area contributed by atoms with Gasteiger partial charge in [0.05, 0.1) is 6.54 Å². The number of likely N-dealkylation sites (N-methyl/N-ethyl adjacent to an activating group) is 1. The number of nitrogens with one attached hydrogen (secondary N) is 1. The third kappa shape index (κ3) is 7.66. The number of carbonyl (C=O) groups excluding carboxylic acids is 2. The van der Waals surface area contributed by atoms with Gasteiger partial charge in [-0.15, -0.1) is 0 Å². The summed E-state index contributed by atoms with van der Waals surface area (Å²) in [5, 5.41) is 3.57. The predicted octanol–water partition coefficient (Wildman–Crippen LogP) is 1.23. The van der Waals surface area contributed by atoms with Crippen LogP contribution in [0.25, 0.3) is 0 Å². The van der Waals surface area contributed by atoms with Crippen LogP contribution in [0, 0.1) is 5.92 Å². The Kier molecular flexibility index (Phi) is 9.43. The van der Waals surface area contributed by atoms with Gasteiger partial charge in [0.2, 0.25) is 11.8 Å². The highest BCUT2D eigenvalue weighted by atomic mass is 16.2. The summed E-state index contributed by atoms with van der Waals surface area (Å²) < 4.78 is 0. The van der Waals surface area contributed by atoms with Gasteiger partial charge in [0, 0.05) is 59.9 Å². The lowest BCUT2D eigenvalue weighted by Gasteiger charge is -2.38. The van der Waals surface area contributed by atoms with E-state index in [2.05, 4.69) is 20.1 Å². The Morgan fingerprint density at radius 3 is 2.16 bits per heavy atom. The molecule has 8 nitrogen and oxygen atoms in total. The zero-order valence-corrected chi connectivity index (χ0v) is 19.7. The third-order valence-electron chi connectivity index (χ3n) is 6.88. The van der Waals surface area contributed by atoms with Crippen LogP contribution >= 0.6 is 0 Å². The Balaban J connectivity index is 1.50. The van der Waals surface area contributed by atoms with E-state index in [1.807, 2.05) is 4.90 Å². The second-order valence-corrected chi connectivity index (χ2v) is 9.52. The smallest absolute Gasteiger partial charge is 0.243 e. The number of piperidine rings is 1. The van der Waals surface area contributed by atoms with E-state index in [9.17, 15) is 9.59 Å². The topological polar surface area (TPSA) is 71.5 Å². The monoisotopic (exact) mass is 434 g/mol. The van der Waals surface area contributed by atoms with Gasteiger partial charge in [-0.1, -0.05) is 19.3 Å². The van der Waals surface area contributed by atoms with Gasteiger partial charge in [-0.3, -0.25) is 14.5 Å². The first-order valence-electron chi connectivity index (χ1n) is 12.3. The molecule has 3 rings (SSSR count). The quantitative estimate of drug-likeness (QED) is 0.503. The highest BCUT2D eigenvalue weighted by Crippen LogP contribution is 2.22. The van der Waals surface area contributed by atoms with Crippen LogP contribution in [0.2, 0.25) is 0 Å². The molecule has 31 heavy (non-hydrogen) atoms. The first-order valence-corrected chi connectivity index (χ1v) is 12.3. The molecule has 3 fully saturated rings. The molecule has 3 aliphatic rings. The number of rotatable bonds is 6. The van der Waals surface area contributed by atoms with Gasteiger partial charge in [0.15, 0.2) is 5.96 Å². The van der Waals surface area contributed by atoms with Gasteiger partial charge in [-0.05, 0) is 38.0 Å². The van der Waals surface area contributed by atoms with Crippen LogP contribution in [0.15, 0.2) is 4.99 Å². The van der Waals surface area contributed by atoms with Crippen molar-refractivity contribution >= 4 is 17.8 Å². The summed E-state index contributed by atoms with van der Waals surface area (Å²) in [4.78, 5) is 37.5. The van der Waals surface area contributed by atoms with E-state index in [0.717, 1.165) is 64.6 Å². The number of piperazine rings is 1. The summed E-state index contributed by atoms with van der Waals surface area (Å²) in [5.41, 5.74) is 0. The van der Waals surface area contributed by atoms with Gasteiger partial charge in [0.25, 0.3) is 0 Å². The SMILES string of the molecule is CN(C)C(=O)CN=C(NCC1CCCCC1)N1CCN(CC(=O)N2CCCCC2)CC1. The van der Waals surface area contributed by atoms with Crippen LogP contribution < -0.4 is 5.32 Å². The summed E-state index contributed by atoms with van der Waals surface area (Å²) >= 11 is 0. The second-order valence-electron chi connectivity index (χ2n) is 9.52. The first-order chi connectivity index (χ1) is 15.0. The van der Waals surface area contributed by atoms with Crippen molar-refractivity contribution in [1.29, 1.82) is 0 Å². The summed E-state index contributed by atoms with van der Waals surface area (Å²) in [6.45, 7) is 6.84. The maximum atomic E-state index is 12.6. The van der Waals surface area contributed by atoms with Crippen LogP contribution in [0.1, 0.15) is 51.4 Å². The van der Waals surface area contributed by atoms with Crippen molar-refractivity contribution in [1.82, 2.24) is 24.9 Å². The molecule has 0 bridgehead atoms. The molecule has 2 heterocycles. The molecule has 176 valence electrons. The Hall–Kier alpha value is -1.83. The average Bonchev–Trinajstić information content (AvgIpc) is 2.80. The second kappa shape index (κ2) is 12.3. The fourth-order valence-electron chi connectivity index (χ4n) is 4.73. The largest absolute Gasteiger partial charge is 0.356 e. The fourth-order valence-corrected chi connectivity index (χ4v) is 4.73. The Morgan fingerprint density at radius 2 is 1.52 bits per heavy atom. The zero-order chi connectivity index (χ0) is 22.1. The highest BCUT2D eigenvalue weighted by molar-refractivity contribution is 5.85. The number of guanidine groups is 1. The predicted molar refractivity (Wildman–Crippen MR) is 124 cm³/mol. The third-order valence-corrected chi connectivity index (χ3v) is 6.88. The molecule has 0 radical (unpaired) electrons. The van der Waals surface area contributed by atoms with E-state index in [-0.39, 0.29) is 18.4 Å². The lowest BCUT2D eigenvalue weighted by molar-refractivity contribution is -0.133. The maximum Gasteiger partial charge on any atom is 0.243 e. The molecule has 1 aliphatic carbocycles. The van der Waals surface area contributed by atoms with Crippen molar-refractivity contribution in [3.63, 3.8) is 0 Å². The van der Waals surface area contributed by atoms with Crippen molar-refractivity contribution in [3.05, 3.63) is 0 Å². The molecule has 0 aromatic rings. The zero-order valence-electron chi connectivity index (χ0n) is 19.7. The maximum absolute atomic E-state index is 12.6. The summed E-state index contributed by atoms with van der Waals surface area (Å²) in [5.74, 6) is 1.84. The Morgan fingerprint density at radius 1 is 0.871 bits per heavy atom. The molecule has 0 spiro atoms. The van der Waals surface area contributed by atoms with Crippen molar-refractivity contribution < 1.29 is 9.59 Å². The van der Waals surface area contributed by atoms with Crippen molar-refractivity contribution in [2.75, 3.05) is 73.0 Å². The van der Waals surface area contributed by atoms with Gasteiger partial charge < -0.3 is 20.0 Å². The highest BCUT2D eigenvalue weighted by Gasteiger charge is 2.25. The summed E-state index contributed by atoms with van der Waals surface area (Å²) in [6.07, 6.45) is 10.1. The standard InChI is InChI=1S/C23H42N6O2/c1-26(2)21(30)18-25-23(24-17-20-9-5-3-6-10-20)29-15-13-27(14-16-29)19-22(31)28-11-7-4-8-12-28/h20H,3-19H2,1-2H3,(H,24,25). The molecule has 1 N–H and O–H groups in total. The van der Waals surface area contributed by atoms with E-state index >= 15 is 0 Å². The first kappa shape index (κ1) is 23.8. The molecule has 0 unspecified atom stereocenters. The minimum atomic E-state index is 0.0164. The van der Waals surface area contributed by atoms with Crippen LogP contribution in [-0.4, -0.2) is 110 Å². The van der Waals surface area contributed by atoms with Gasteiger partial charge >= 0.3 is 0 Å². The fraction of sp³-hybridized carbons (Fsp3) is 0.870. The minimum absolute atomic E-state index is 0.0164. The van der Waals surface area contributed by atoms with E-state index < -0.39 is 0 Å². The molecule has 8 heteroatoms. The number of hydrogen-bond donors (Lipinski definition) is 1. The minimum Gasteiger partial charge on any atom is -0.356 e. The molecule has 2 aliphatic heterocycles. The molecule has 0 aromatic carbocycles. The molecule has 0 aromatic heterocycles. The average molecular weight is 435 g/mol. The van der Waals surface area contributed by atoms with E-state index in [1.54, 1.807) is 19.0 Å². The number of carbonyl (C=O) groups is 2. The number of nitrogens with zero attached hydrogens (tertiary/aromatic N) is 5. The number of hydrogen-bond acceptors (Lipinski definition) is 4. The molecule has 2 saturated heterocycles. The lowest BCUT2D eigenvalue weighted by Crippen LogP contribution is -2.55. The van der Waals surface area contributed by atoms with Crippen LogP contribution in [0.5, 0.6) is 0 Å². The van der Waals surface area contributed by atoms with Crippen molar-refractivity contribution in [2.24, 2.45) is 10.9 Å².